The molecule has 0 bridgehead atoms. The van der Waals surface area contributed by atoms with Gasteiger partial charge in [-0.05, 0) is 11.6 Å². The van der Waals surface area contributed by atoms with Crippen molar-refractivity contribution in [2.45, 2.75) is 29.9 Å². The first kappa shape index (κ1) is 13.0. The van der Waals surface area contributed by atoms with Crippen molar-refractivity contribution in [3.05, 3.63) is 40.7 Å². The van der Waals surface area contributed by atoms with Gasteiger partial charge in [0.05, 0.1) is 6.54 Å². The number of quaternary nitrogens is 1. The maximum atomic E-state index is 6.11. The lowest BCUT2D eigenvalue weighted by atomic mass is 10.2. The van der Waals surface area contributed by atoms with Gasteiger partial charge in [-0.1, -0.05) is 41.6 Å². The Hall–Kier alpha value is -1.04. The van der Waals surface area contributed by atoms with Crippen molar-refractivity contribution >= 4 is 23.4 Å². The Labute approximate surface area is 120 Å². The number of aromatic nitrogens is 2. The molecule has 4 nitrogen and oxygen atoms in total. The van der Waals surface area contributed by atoms with E-state index >= 15 is 0 Å². The molecule has 1 aromatic heterocycles. The summed E-state index contributed by atoms with van der Waals surface area (Å²) in [5.74, 6) is 1.49. The van der Waals surface area contributed by atoms with Crippen molar-refractivity contribution in [1.82, 2.24) is 10.2 Å². The average molecular weight is 297 g/mol. The zero-order valence-electron chi connectivity index (χ0n) is 10.4. The van der Waals surface area contributed by atoms with Crippen molar-refractivity contribution in [1.29, 1.82) is 0 Å². The molecule has 2 N–H and O–H groups in total. The van der Waals surface area contributed by atoms with Gasteiger partial charge >= 0.3 is 0 Å². The molecule has 0 radical (unpaired) electrons. The molecule has 0 saturated carbocycles. The minimum Gasteiger partial charge on any atom is -0.410 e. The Bertz CT molecular complexity index is 554. The SMILES string of the molecule is Clc1ccccc1CSc1nnc([C@@H]2CCC[NH2+]2)o1. The number of nitrogens with zero attached hydrogens (tertiary/aromatic N) is 2. The highest BCUT2D eigenvalue weighted by Gasteiger charge is 2.26. The number of hydrogen-bond donors (Lipinski definition) is 1. The minimum absolute atomic E-state index is 0.349. The Morgan fingerprint density at radius 2 is 2.26 bits per heavy atom. The van der Waals surface area contributed by atoms with Gasteiger partial charge in [0.2, 0.25) is 0 Å². The van der Waals surface area contributed by atoms with E-state index in [0.717, 1.165) is 35.2 Å². The molecule has 100 valence electrons. The molecule has 2 heterocycles. The molecule has 1 fully saturated rings. The molecule has 0 aliphatic carbocycles. The lowest BCUT2D eigenvalue weighted by Gasteiger charge is -2.01. The molecule has 0 unspecified atom stereocenters. The van der Waals surface area contributed by atoms with E-state index in [2.05, 4.69) is 15.5 Å². The molecule has 3 rings (SSSR count). The van der Waals surface area contributed by atoms with Crippen LogP contribution >= 0.6 is 23.4 Å². The van der Waals surface area contributed by atoms with Crippen LogP contribution in [0.1, 0.15) is 30.3 Å². The molecule has 6 heteroatoms. The fourth-order valence-corrected chi connectivity index (χ4v) is 3.24. The maximum Gasteiger partial charge on any atom is 0.277 e. The second-order valence-corrected chi connectivity index (χ2v) is 5.89. The van der Waals surface area contributed by atoms with E-state index in [1.165, 1.54) is 18.2 Å². The van der Waals surface area contributed by atoms with Gasteiger partial charge < -0.3 is 9.73 Å². The first-order valence-corrected chi connectivity index (χ1v) is 7.72. The molecule has 1 atom stereocenters. The van der Waals surface area contributed by atoms with Crippen molar-refractivity contribution in [2.24, 2.45) is 0 Å². The van der Waals surface area contributed by atoms with Crippen LogP contribution in [-0.2, 0) is 5.75 Å². The normalized spacial score (nSPS) is 18.9. The lowest BCUT2D eigenvalue weighted by Crippen LogP contribution is -2.81. The van der Waals surface area contributed by atoms with Crippen LogP contribution < -0.4 is 5.32 Å². The number of hydrogen-bond acceptors (Lipinski definition) is 4. The lowest BCUT2D eigenvalue weighted by molar-refractivity contribution is -0.678. The van der Waals surface area contributed by atoms with Crippen LogP contribution in [0.3, 0.4) is 0 Å². The third-order valence-corrected chi connectivity index (χ3v) is 4.45. The van der Waals surface area contributed by atoms with Crippen LogP contribution in [-0.4, -0.2) is 16.7 Å². The first-order chi connectivity index (χ1) is 9.33. The summed E-state index contributed by atoms with van der Waals surface area (Å²) in [6, 6.07) is 8.16. The molecule has 0 spiro atoms. The van der Waals surface area contributed by atoms with E-state index in [0.29, 0.717) is 11.3 Å². The van der Waals surface area contributed by atoms with E-state index in [1.54, 1.807) is 0 Å². The van der Waals surface area contributed by atoms with Gasteiger partial charge in [0.15, 0.2) is 6.04 Å². The number of nitrogens with two attached hydrogens (primary N) is 1. The van der Waals surface area contributed by atoms with Crippen molar-refractivity contribution in [3.63, 3.8) is 0 Å². The van der Waals surface area contributed by atoms with E-state index in [9.17, 15) is 0 Å². The number of rotatable bonds is 4. The second kappa shape index (κ2) is 5.94. The second-order valence-electron chi connectivity index (χ2n) is 4.56. The predicted molar refractivity (Wildman–Crippen MR) is 74.1 cm³/mol. The standard InChI is InChI=1S/C13H14ClN3OS/c14-10-5-2-1-4-9(10)8-19-13-17-16-12(18-13)11-6-3-7-15-11/h1-2,4-5,11,15H,3,6-8H2/p+1/t11-/m0/s1. The zero-order valence-corrected chi connectivity index (χ0v) is 12.0. The summed E-state index contributed by atoms with van der Waals surface area (Å²) in [6.45, 7) is 1.15. The summed E-state index contributed by atoms with van der Waals surface area (Å²) < 4.78 is 5.70. The van der Waals surface area contributed by atoms with Crippen molar-refractivity contribution in [2.75, 3.05) is 6.54 Å². The topological polar surface area (TPSA) is 55.5 Å². The monoisotopic (exact) mass is 296 g/mol. The van der Waals surface area contributed by atoms with Gasteiger partial charge in [-0.15, -0.1) is 10.2 Å². The van der Waals surface area contributed by atoms with Crippen LogP contribution in [0.2, 0.25) is 5.02 Å². The van der Waals surface area contributed by atoms with Gasteiger partial charge in [-0.2, -0.15) is 0 Å². The number of benzene rings is 1. The minimum atomic E-state index is 0.349. The predicted octanol–water partition coefficient (Wildman–Crippen LogP) is 2.41. The number of halogens is 1. The molecular formula is C13H15ClN3OS+. The maximum absolute atomic E-state index is 6.11. The van der Waals surface area contributed by atoms with Crippen LogP contribution in [0.4, 0.5) is 0 Å². The van der Waals surface area contributed by atoms with Crippen LogP contribution in [0.15, 0.2) is 33.9 Å². The van der Waals surface area contributed by atoms with E-state index in [4.69, 9.17) is 16.0 Å². The van der Waals surface area contributed by atoms with Gasteiger partial charge in [-0.25, -0.2) is 0 Å². The van der Waals surface area contributed by atoms with E-state index in [1.807, 2.05) is 24.3 Å². The fraction of sp³-hybridized carbons (Fsp3) is 0.385. The van der Waals surface area contributed by atoms with Gasteiger partial charge in [0, 0.05) is 23.6 Å². The van der Waals surface area contributed by atoms with Crippen LogP contribution in [0.25, 0.3) is 0 Å². The van der Waals surface area contributed by atoms with Crippen LogP contribution in [0.5, 0.6) is 0 Å². The Morgan fingerprint density at radius 3 is 3.05 bits per heavy atom. The quantitative estimate of drug-likeness (QED) is 0.880. The Balaban J connectivity index is 1.63. The average Bonchev–Trinajstić information content (AvgIpc) is 3.09. The highest BCUT2D eigenvalue weighted by Crippen LogP contribution is 2.27. The zero-order chi connectivity index (χ0) is 13.1. The largest absolute Gasteiger partial charge is 0.410 e. The summed E-state index contributed by atoms with van der Waals surface area (Å²) in [5, 5.41) is 11.9. The molecule has 1 saturated heterocycles. The Kier molecular flexibility index (Phi) is 4.06. The highest BCUT2D eigenvalue weighted by atomic mass is 35.5. The highest BCUT2D eigenvalue weighted by molar-refractivity contribution is 7.98. The molecule has 1 aromatic carbocycles. The van der Waals surface area contributed by atoms with Crippen LogP contribution in [0, 0.1) is 0 Å². The van der Waals surface area contributed by atoms with Gasteiger partial charge in [0.25, 0.3) is 11.1 Å². The first-order valence-electron chi connectivity index (χ1n) is 6.36. The molecule has 1 aliphatic heterocycles. The summed E-state index contributed by atoms with van der Waals surface area (Å²) >= 11 is 7.64. The summed E-state index contributed by atoms with van der Waals surface area (Å²) in [6.07, 6.45) is 2.34. The Morgan fingerprint density at radius 1 is 1.37 bits per heavy atom. The molecule has 0 amide bonds. The third kappa shape index (κ3) is 3.11. The fourth-order valence-electron chi connectivity index (χ4n) is 2.18. The molecule has 1 aliphatic rings. The van der Waals surface area contributed by atoms with Crippen molar-refractivity contribution in [3.8, 4) is 0 Å². The summed E-state index contributed by atoms with van der Waals surface area (Å²) in [7, 11) is 0. The third-order valence-electron chi connectivity index (χ3n) is 3.22. The number of thioether (sulfide) groups is 1. The van der Waals surface area contributed by atoms with Gasteiger partial charge in [-0.3, -0.25) is 0 Å². The smallest absolute Gasteiger partial charge is 0.277 e. The van der Waals surface area contributed by atoms with Crippen molar-refractivity contribution < 1.29 is 9.73 Å². The van der Waals surface area contributed by atoms with Gasteiger partial charge in [0.1, 0.15) is 0 Å². The van der Waals surface area contributed by atoms with E-state index < -0.39 is 0 Å². The summed E-state index contributed by atoms with van der Waals surface area (Å²) in [4.78, 5) is 0. The molecule has 2 aromatic rings. The molecular weight excluding hydrogens is 282 g/mol. The molecule has 19 heavy (non-hydrogen) atoms. The van der Waals surface area contributed by atoms with E-state index in [-0.39, 0.29) is 0 Å². The summed E-state index contributed by atoms with van der Waals surface area (Å²) in [5.41, 5.74) is 1.08.